The number of nitrogens with two attached hydrogens (primary N) is 1. The Bertz CT molecular complexity index is 1500. The van der Waals surface area contributed by atoms with E-state index in [1.807, 2.05) is 67.1 Å². The van der Waals surface area contributed by atoms with E-state index >= 15 is 0 Å². The van der Waals surface area contributed by atoms with Gasteiger partial charge >= 0.3 is 0 Å². The highest BCUT2D eigenvalue weighted by Gasteiger charge is 2.50. The maximum Gasteiger partial charge on any atom is 0.240 e. The van der Waals surface area contributed by atoms with Gasteiger partial charge in [-0.2, -0.15) is 5.10 Å². The molecule has 0 aliphatic heterocycles. The number of rotatable bonds is 9. The van der Waals surface area contributed by atoms with Crippen molar-refractivity contribution in [3.63, 3.8) is 0 Å². The third kappa shape index (κ3) is 5.64. The number of hydrogen-bond acceptors (Lipinski definition) is 6. The van der Waals surface area contributed by atoms with Crippen molar-refractivity contribution in [3.8, 4) is 17.1 Å². The van der Waals surface area contributed by atoms with Gasteiger partial charge in [-0.05, 0) is 55.4 Å². The molecule has 1 aliphatic carbocycles. The Morgan fingerprint density at radius 3 is 2.52 bits per heavy atom. The van der Waals surface area contributed by atoms with Crippen LogP contribution in [0.3, 0.4) is 0 Å². The van der Waals surface area contributed by atoms with Crippen molar-refractivity contribution in [1.82, 2.24) is 30.0 Å². The summed E-state index contributed by atoms with van der Waals surface area (Å²) < 4.78 is 1.91. The number of hydrogen-bond donors (Lipinski definition) is 2. The fraction of sp³-hybridized carbons (Fsp3) is 0.355. The Morgan fingerprint density at radius 2 is 1.88 bits per heavy atom. The molecular formula is C31H35N7O2. The molecule has 1 aromatic carbocycles. The Hall–Kier alpha value is -4.40. The molecule has 1 fully saturated rings. The number of aryl methyl sites for hydroxylation is 2. The first-order valence-corrected chi connectivity index (χ1v) is 13.6. The first-order valence-electron chi connectivity index (χ1n) is 13.6. The number of pyridine rings is 1. The van der Waals surface area contributed by atoms with Gasteiger partial charge in [0, 0.05) is 48.5 Å². The van der Waals surface area contributed by atoms with Gasteiger partial charge in [-0.25, -0.2) is 14.6 Å². The molecule has 0 radical (unpaired) electrons. The summed E-state index contributed by atoms with van der Waals surface area (Å²) in [5.74, 6) is 0.976. The molecule has 3 heterocycles. The number of nitrogens with one attached hydrogen (secondary N) is 1. The average Bonchev–Trinajstić information content (AvgIpc) is 3.35. The van der Waals surface area contributed by atoms with Gasteiger partial charge in [0.05, 0.1) is 11.4 Å². The van der Waals surface area contributed by atoms with Crippen LogP contribution in [0.1, 0.15) is 55.4 Å². The summed E-state index contributed by atoms with van der Waals surface area (Å²) in [6.07, 6.45) is 5.04. The van der Waals surface area contributed by atoms with Crippen molar-refractivity contribution in [3.05, 3.63) is 89.8 Å². The van der Waals surface area contributed by atoms with E-state index in [-0.39, 0.29) is 23.2 Å². The molecule has 1 aliphatic rings. The SMILES string of the molecule is Cc1cc(-n2nc(-c3cccnc3)cc2[C@@H]2C[C@H](CC(=O)N[C@@H](Cc3ccccc3)C(N)=O)C2(C)C)nc(C)n1. The second-order valence-electron chi connectivity index (χ2n) is 11.2. The Morgan fingerprint density at radius 1 is 1.10 bits per heavy atom. The van der Waals surface area contributed by atoms with E-state index in [0.717, 1.165) is 40.4 Å². The van der Waals surface area contributed by atoms with E-state index in [1.165, 1.54) is 0 Å². The molecule has 0 unspecified atom stereocenters. The second-order valence-corrected chi connectivity index (χ2v) is 11.2. The van der Waals surface area contributed by atoms with E-state index < -0.39 is 11.9 Å². The Labute approximate surface area is 234 Å². The Balaban J connectivity index is 1.36. The third-order valence-electron chi connectivity index (χ3n) is 8.08. The van der Waals surface area contributed by atoms with Crippen molar-refractivity contribution in [1.29, 1.82) is 0 Å². The van der Waals surface area contributed by atoms with Crippen LogP contribution in [-0.2, 0) is 16.0 Å². The van der Waals surface area contributed by atoms with Gasteiger partial charge in [0.25, 0.3) is 0 Å². The van der Waals surface area contributed by atoms with Crippen molar-refractivity contribution in [2.45, 2.75) is 58.9 Å². The van der Waals surface area contributed by atoms with Crippen LogP contribution in [0.2, 0.25) is 0 Å². The lowest BCUT2D eigenvalue weighted by atomic mass is 9.52. The second kappa shape index (κ2) is 11.0. The minimum Gasteiger partial charge on any atom is -0.368 e. The smallest absolute Gasteiger partial charge is 0.240 e. The molecule has 0 saturated heterocycles. The van der Waals surface area contributed by atoms with Crippen molar-refractivity contribution >= 4 is 11.8 Å². The molecule has 2 amide bonds. The fourth-order valence-electron chi connectivity index (χ4n) is 5.70. The highest BCUT2D eigenvalue weighted by molar-refractivity contribution is 5.87. The highest BCUT2D eigenvalue weighted by atomic mass is 16.2. The van der Waals surface area contributed by atoms with Crippen LogP contribution < -0.4 is 11.1 Å². The van der Waals surface area contributed by atoms with E-state index in [0.29, 0.717) is 18.7 Å². The molecular weight excluding hydrogens is 502 g/mol. The van der Waals surface area contributed by atoms with Crippen LogP contribution in [0.25, 0.3) is 17.1 Å². The van der Waals surface area contributed by atoms with Crippen molar-refractivity contribution < 1.29 is 9.59 Å². The van der Waals surface area contributed by atoms with Crippen LogP contribution >= 0.6 is 0 Å². The first kappa shape index (κ1) is 27.2. The average molecular weight is 538 g/mol. The molecule has 4 aromatic rings. The number of nitrogens with zero attached hydrogens (tertiary/aromatic N) is 5. The van der Waals surface area contributed by atoms with Crippen molar-refractivity contribution in [2.75, 3.05) is 0 Å². The van der Waals surface area contributed by atoms with Crippen molar-refractivity contribution in [2.24, 2.45) is 17.1 Å². The minimum atomic E-state index is -0.749. The molecule has 3 aromatic heterocycles. The molecule has 0 bridgehead atoms. The van der Waals surface area contributed by atoms with E-state index in [2.05, 4.69) is 40.2 Å². The summed E-state index contributed by atoms with van der Waals surface area (Å²) in [4.78, 5) is 38.5. The molecule has 206 valence electrons. The maximum atomic E-state index is 13.1. The van der Waals surface area contributed by atoms with Gasteiger partial charge in [0.2, 0.25) is 11.8 Å². The Kier molecular flexibility index (Phi) is 7.47. The lowest BCUT2D eigenvalue weighted by Crippen LogP contribution is -2.49. The largest absolute Gasteiger partial charge is 0.368 e. The zero-order valence-electron chi connectivity index (χ0n) is 23.3. The number of aromatic nitrogens is 5. The molecule has 9 nitrogen and oxygen atoms in total. The summed E-state index contributed by atoms with van der Waals surface area (Å²) in [7, 11) is 0. The van der Waals surface area contributed by atoms with Crippen LogP contribution in [0.15, 0.2) is 67.0 Å². The minimum absolute atomic E-state index is 0.127. The highest BCUT2D eigenvalue weighted by Crippen LogP contribution is 2.58. The first-order chi connectivity index (χ1) is 19.1. The predicted octanol–water partition coefficient (Wildman–Crippen LogP) is 4.07. The normalized spacial score (nSPS) is 18.5. The van der Waals surface area contributed by atoms with Crippen LogP contribution in [0, 0.1) is 25.2 Å². The lowest BCUT2D eigenvalue weighted by molar-refractivity contribution is -0.130. The summed E-state index contributed by atoms with van der Waals surface area (Å²) >= 11 is 0. The maximum absolute atomic E-state index is 13.1. The number of carbonyl (C=O) groups is 2. The predicted molar refractivity (Wildman–Crippen MR) is 152 cm³/mol. The molecule has 3 N–H and O–H groups in total. The zero-order valence-corrected chi connectivity index (χ0v) is 23.3. The van der Waals surface area contributed by atoms with Gasteiger partial charge in [-0.15, -0.1) is 0 Å². The molecule has 3 atom stereocenters. The van der Waals surface area contributed by atoms with Crippen LogP contribution in [-0.4, -0.2) is 42.6 Å². The summed E-state index contributed by atoms with van der Waals surface area (Å²) in [6.45, 7) is 8.20. The van der Waals surface area contributed by atoms with E-state index in [4.69, 9.17) is 10.8 Å². The van der Waals surface area contributed by atoms with Crippen LogP contribution in [0.5, 0.6) is 0 Å². The molecule has 0 spiro atoms. The third-order valence-corrected chi connectivity index (χ3v) is 8.08. The molecule has 9 heteroatoms. The summed E-state index contributed by atoms with van der Waals surface area (Å²) in [5, 5.41) is 7.82. The number of carbonyl (C=O) groups excluding carboxylic acids is 2. The summed E-state index contributed by atoms with van der Waals surface area (Å²) in [5.41, 5.74) is 10.0. The number of amides is 2. The van der Waals surface area contributed by atoms with E-state index in [1.54, 1.807) is 12.4 Å². The van der Waals surface area contributed by atoms with Gasteiger partial charge in [-0.1, -0.05) is 44.2 Å². The zero-order chi connectivity index (χ0) is 28.4. The van der Waals surface area contributed by atoms with Crippen LogP contribution in [0.4, 0.5) is 0 Å². The number of primary amides is 1. The van der Waals surface area contributed by atoms with Gasteiger partial charge in [-0.3, -0.25) is 14.6 Å². The molecule has 5 rings (SSSR count). The lowest BCUT2D eigenvalue weighted by Gasteiger charge is -2.52. The van der Waals surface area contributed by atoms with Gasteiger partial charge in [0.15, 0.2) is 5.82 Å². The molecule has 40 heavy (non-hydrogen) atoms. The number of benzene rings is 1. The topological polar surface area (TPSA) is 129 Å². The summed E-state index contributed by atoms with van der Waals surface area (Å²) in [6, 6.07) is 16.7. The van der Waals surface area contributed by atoms with E-state index in [9.17, 15) is 9.59 Å². The quantitative estimate of drug-likeness (QED) is 0.331. The fourth-order valence-corrected chi connectivity index (χ4v) is 5.70. The van der Waals surface area contributed by atoms with Gasteiger partial charge < -0.3 is 11.1 Å². The standard InChI is InChI=1S/C31H35N7O2/c1-19-13-28(35-20(2)34-19)38-27(17-25(37-38)22-11-8-12-33-18-22)24-15-23(31(24,3)4)16-29(39)36-26(30(32)40)14-21-9-6-5-7-10-21/h5-13,17-18,23-24,26H,14-16H2,1-4H3,(H2,32,40)(H,36,39)/t23-,24+,26+/m1/s1. The van der Waals surface area contributed by atoms with Gasteiger partial charge in [0.1, 0.15) is 11.9 Å². The molecule has 1 saturated carbocycles. The monoisotopic (exact) mass is 537 g/mol.